The van der Waals surface area contributed by atoms with E-state index in [4.69, 9.17) is 0 Å². The van der Waals surface area contributed by atoms with E-state index in [-0.39, 0.29) is 4.90 Å². The van der Waals surface area contributed by atoms with Crippen molar-refractivity contribution in [2.24, 2.45) is 0 Å². The van der Waals surface area contributed by atoms with Crippen LogP contribution in [-0.4, -0.2) is 60.0 Å². The van der Waals surface area contributed by atoms with Gasteiger partial charge < -0.3 is 4.90 Å². The molecule has 0 aromatic carbocycles. The number of hydrogen-bond donors (Lipinski definition) is 1. The first-order valence-electron chi connectivity index (χ1n) is 6.91. The predicted octanol–water partition coefficient (Wildman–Crippen LogP) is 0.659. The molecule has 0 atom stereocenters. The molecule has 1 aromatic heterocycles. The van der Waals surface area contributed by atoms with Crippen LogP contribution in [0.25, 0.3) is 0 Å². The fourth-order valence-corrected chi connectivity index (χ4v) is 4.46. The van der Waals surface area contributed by atoms with Crippen molar-refractivity contribution < 1.29 is 8.42 Å². The lowest BCUT2D eigenvalue weighted by atomic mass is 10.1. The van der Waals surface area contributed by atoms with Gasteiger partial charge in [0.2, 0.25) is 10.0 Å². The van der Waals surface area contributed by atoms with Crippen LogP contribution in [0.1, 0.15) is 25.7 Å². The highest BCUT2D eigenvalue weighted by Crippen LogP contribution is 2.24. The van der Waals surface area contributed by atoms with Crippen molar-refractivity contribution in [3.05, 3.63) is 12.4 Å². The molecule has 7 heteroatoms. The second kappa shape index (κ2) is 5.22. The molecule has 2 saturated heterocycles. The topological polar surface area (TPSA) is 69.3 Å². The summed E-state index contributed by atoms with van der Waals surface area (Å²) in [5.41, 5.74) is 0. The molecular formula is C12H20N4O2S. The quantitative estimate of drug-likeness (QED) is 0.885. The molecule has 0 unspecified atom stereocenters. The Morgan fingerprint density at radius 1 is 1.16 bits per heavy atom. The first kappa shape index (κ1) is 13.1. The highest BCUT2D eigenvalue weighted by molar-refractivity contribution is 7.89. The second-order valence-electron chi connectivity index (χ2n) is 5.31. The number of rotatable bonds is 3. The van der Waals surface area contributed by atoms with E-state index in [9.17, 15) is 8.42 Å². The smallest absolute Gasteiger partial charge is 0.246 e. The van der Waals surface area contributed by atoms with Crippen LogP contribution in [0, 0.1) is 0 Å². The van der Waals surface area contributed by atoms with E-state index >= 15 is 0 Å². The van der Waals surface area contributed by atoms with Gasteiger partial charge >= 0.3 is 0 Å². The average molecular weight is 284 g/mol. The highest BCUT2D eigenvalue weighted by Gasteiger charge is 2.32. The summed E-state index contributed by atoms with van der Waals surface area (Å²) in [5, 5.41) is 6.29. The Morgan fingerprint density at radius 2 is 1.84 bits per heavy atom. The SMILES string of the molecule is O=S(=O)(c1cn[nH]c1)N1CCC(N2CCCC2)CC1. The lowest BCUT2D eigenvalue weighted by Gasteiger charge is -2.35. The van der Waals surface area contributed by atoms with Crippen molar-refractivity contribution in [2.75, 3.05) is 26.2 Å². The summed E-state index contributed by atoms with van der Waals surface area (Å²) >= 11 is 0. The maximum absolute atomic E-state index is 12.3. The van der Waals surface area contributed by atoms with Crippen LogP contribution in [0.3, 0.4) is 0 Å². The molecule has 1 aromatic rings. The van der Waals surface area contributed by atoms with Gasteiger partial charge in [0, 0.05) is 25.3 Å². The van der Waals surface area contributed by atoms with Crippen LogP contribution in [0.15, 0.2) is 17.3 Å². The summed E-state index contributed by atoms with van der Waals surface area (Å²) in [4.78, 5) is 2.79. The fraction of sp³-hybridized carbons (Fsp3) is 0.750. The third-order valence-corrected chi connectivity index (χ3v) is 6.06. The minimum atomic E-state index is -3.34. The summed E-state index contributed by atoms with van der Waals surface area (Å²) in [6.07, 6.45) is 7.28. The number of nitrogens with zero attached hydrogens (tertiary/aromatic N) is 3. The van der Waals surface area contributed by atoms with Crippen LogP contribution in [0.2, 0.25) is 0 Å². The Hall–Kier alpha value is -0.920. The number of piperidine rings is 1. The molecular weight excluding hydrogens is 264 g/mol. The van der Waals surface area contributed by atoms with Gasteiger partial charge in [-0.05, 0) is 38.8 Å². The standard InChI is InChI=1S/C12H20N4O2S/c17-19(18,12-9-13-14-10-12)16-7-3-11(4-8-16)15-5-1-2-6-15/h9-11H,1-8H2,(H,13,14). The molecule has 0 aliphatic carbocycles. The van der Waals surface area contributed by atoms with Gasteiger partial charge in [0.15, 0.2) is 0 Å². The fourth-order valence-electron chi connectivity index (χ4n) is 3.08. The average Bonchev–Trinajstić information content (AvgIpc) is 3.12. The summed E-state index contributed by atoms with van der Waals surface area (Å²) in [7, 11) is -3.34. The van der Waals surface area contributed by atoms with Crippen LogP contribution >= 0.6 is 0 Å². The monoisotopic (exact) mass is 284 g/mol. The van der Waals surface area contributed by atoms with Gasteiger partial charge in [-0.1, -0.05) is 0 Å². The van der Waals surface area contributed by atoms with Gasteiger partial charge in [0.05, 0.1) is 6.20 Å². The Labute approximate surface area is 113 Å². The molecule has 0 amide bonds. The van der Waals surface area contributed by atoms with Crippen LogP contribution in [-0.2, 0) is 10.0 Å². The van der Waals surface area contributed by atoms with E-state index in [1.54, 1.807) is 4.31 Å². The molecule has 6 nitrogen and oxygen atoms in total. The second-order valence-corrected chi connectivity index (χ2v) is 7.25. The zero-order valence-corrected chi connectivity index (χ0v) is 11.8. The van der Waals surface area contributed by atoms with Crippen molar-refractivity contribution in [3.63, 3.8) is 0 Å². The molecule has 106 valence electrons. The zero-order chi connectivity index (χ0) is 13.3. The number of hydrogen-bond acceptors (Lipinski definition) is 4. The zero-order valence-electron chi connectivity index (χ0n) is 11.0. The summed E-state index contributed by atoms with van der Waals surface area (Å²) < 4.78 is 26.2. The third kappa shape index (κ3) is 2.54. The van der Waals surface area contributed by atoms with E-state index < -0.39 is 10.0 Å². The summed E-state index contributed by atoms with van der Waals surface area (Å²) in [5.74, 6) is 0. The van der Waals surface area contributed by atoms with Crippen molar-refractivity contribution in [1.82, 2.24) is 19.4 Å². The molecule has 3 heterocycles. The third-order valence-electron chi connectivity index (χ3n) is 4.19. The molecule has 19 heavy (non-hydrogen) atoms. The largest absolute Gasteiger partial charge is 0.300 e. The maximum atomic E-state index is 12.3. The normalized spacial score (nSPS) is 24.0. The Bertz CT molecular complexity index is 500. The van der Waals surface area contributed by atoms with Gasteiger partial charge in [-0.2, -0.15) is 9.40 Å². The molecule has 1 N–H and O–H groups in total. The Kier molecular flexibility index (Phi) is 3.60. The van der Waals surface area contributed by atoms with Crippen LogP contribution in [0.5, 0.6) is 0 Å². The first-order chi connectivity index (χ1) is 9.18. The van der Waals surface area contributed by atoms with Gasteiger partial charge in [-0.15, -0.1) is 0 Å². The van der Waals surface area contributed by atoms with Gasteiger partial charge in [-0.25, -0.2) is 8.42 Å². The minimum absolute atomic E-state index is 0.270. The van der Waals surface area contributed by atoms with E-state index in [1.807, 2.05) is 0 Å². The van der Waals surface area contributed by atoms with Crippen molar-refractivity contribution in [2.45, 2.75) is 36.6 Å². The van der Waals surface area contributed by atoms with Gasteiger partial charge in [-0.3, -0.25) is 5.10 Å². The molecule has 0 spiro atoms. The number of aromatic amines is 1. The summed E-state index contributed by atoms with van der Waals surface area (Å²) in [6.45, 7) is 3.60. The molecule has 2 aliphatic rings. The first-order valence-corrected chi connectivity index (χ1v) is 8.35. The minimum Gasteiger partial charge on any atom is -0.300 e. The number of likely N-dealkylation sites (tertiary alicyclic amines) is 1. The van der Waals surface area contributed by atoms with E-state index in [2.05, 4.69) is 15.1 Å². The molecule has 2 fully saturated rings. The van der Waals surface area contributed by atoms with Crippen LogP contribution < -0.4 is 0 Å². The van der Waals surface area contributed by atoms with Crippen molar-refractivity contribution >= 4 is 10.0 Å². The van der Waals surface area contributed by atoms with Crippen LogP contribution in [0.4, 0.5) is 0 Å². The van der Waals surface area contributed by atoms with Gasteiger partial charge in [0.25, 0.3) is 0 Å². The molecule has 0 saturated carbocycles. The highest BCUT2D eigenvalue weighted by atomic mass is 32.2. The molecule has 0 radical (unpaired) electrons. The van der Waals surface area contributed by atoms with Crippen molar-refractivity contribution in [3.8, 4) is 0 Å². The number of sulfonamides is 1. The predicted molar refractivity (Wildman–Crippen MR) is 71.2 cm³/mol. The number of aromatic nitrogens is 2. The molecule has 2 aliphatic heterocycles. The summed E-state index contributed by atoms with van der Waals surface area (Å²) in [6, 6.07) is 0.568. The van der Waals surface area contributed by atoms with E-state index in [0.717, 1.165) is 12.8 Å². The lowest BCUT2D eigenvalue weighted by molar-refractivity contribution is 0.168. The maximum Gasteiger partial charge on any atom is 0.246 e. The van der Waals surface area contributed by atoms with Crippen molar-refractivity contribution in [1.29, 1.82) is 0 Å². The molecule has 0 bridgehead atoms. The lowest BCUT2D eigenvalue weighted by Crippen LogP contribution is -2.45. The number of nitrogens with one attached hydrogen (secondary N) is 1. The van der Waals surface area contributed by atoms with E-state index in [1.165, 1.54) is 38.3 Å². The molecule has 3 rings (SSSR count). The van der Waals surface area contributed by atoms with Gasteiger partial charge in [0.1, 0.15) is 4.90 Å². The Balaban J connectivity index is 1.64. The van der Waals surface area contributed by atoms with E-state index in [0.29, 0.717) is 19.1 Å². The number of H-pyrrole nitrogens is 1. The Morgan fingerprint density at radius 3 is 2.42 bits per heavy atom.